The number of likely N-dealkylation sites (tertiary alicyclic amines) is 2. The van der Waals surface area contributed by atoms with Crippen molar-refractivity contribution in [2.45, 2.75) is 51.6 Å². The van der Waals surface area contributed by atoms with Gasteiger partial charge < -0.3 is 28.4 Å². The lowest BCUT2D eigenvalue weighted by Crippen LogP contribution is -2.45. The van der Waals surface area contributed by atoms with Crippen molar-refractivity contribution in [2.24, 2.45) is 25.9 Å². The van der Waals surface area contributed by atoms with Gasteiger partial charge in [0.05, 0.1) is 26.7 Å². The molecule has 0 radical (unpaired) electrons. The molecule has 14 nitrogen and oxygen atoms in total. The van der Waals surface area contributed by atoms with Crippen LogP contribution in [0.5, 0.6) is 11.5 Å². The maximum absolute atomic E-state index is 9.19. The molecule has 4 aliphatic heterocycles. The van der Waals surface area contributed by atoms with Gasteiger partial charge in [-0.25, -0.2) is 0 Å². The van der Waals surface area contributed by atoms with Crippen LogP contribution in [0.2, 0.25) is 0 Å². The number of ether oxygens (including phenoxy) is 2. The quantitative estimate of drug-likeness (QED) is 0.146. The first kappa shape index (κ1) is 48.2. The Labute approximate surface area is 390 Å². The van der Waals surface area contributed by atoms with Gasteiger partial charge in [0.1, 0.15) is 11.5 Å². The molecule has 2 N–H and O–H groups in total. The molecule has 2 aromatic heterocycles. The van der Waals surface area contributed by atoms with Crippen molar-refractivity contribution in [3.8, 4) is 11.5 Å². The first-order valence-corrected chi connectivity index (χ1v) is 27.0. The van der Waals surface area contributed by atoms with Gasteiger partial charge in [0, 0.05) is 110 Å². The molecule has 4 aliphatic rings. The van der Waals surface area contributed by atoms with E-state index in [-0.39, 0.29) is 0 Å². The summed E-state index contributed by atoms with van der Waals surface area (Å²) in [5.74, 6) is 3.70. The van der Waals surface area contributed by atoms with Crippen LogP contribution < -0.4 is 9.47 Å². The van der Waals surface area contributed by atoms with Gasteiger partial charge in [-0.05, 0) is 147 Å². The summed E-state index contributed by atoms with van der Waals surface area (Å²) in [7, 11) is 0.612. The molecule has 6 heterocycles. The van der Waals surface area contributed by atoms with Gasteiger partial charge in [-0.2, -0.15) is 16.8 Å². The van der Waals surface area contributed by atoms with Crippen molar-refractivity contribution < 1.29 is 35.4 Å². The Morgan fingerprint density at radius 2 is 0.848 bits per heavy atom. The highest BCUT2D eigenvalue weighted by atomic mass is 32.2. The van der Waals surface area contributed by atoms with E-state index in [1.54, 1.807) is 14.2 Å². The fraction of sp³-hybridized carbons (Fsp3) is 0.520. The summed E-state index contributed by atoms with van der Waals surface area (Å²) in [5.41, 5.74) is 11.3. The molecule has 0 unspecified atom stereocenters. The average molecular weight is 945 g/mol. The summed E-state index contributed by atoms with van der Waals surface area (Å²) in [6, 6.07) is 22.5. The van der Waals surface area contributed by atoms with E-state index < -0.39 is 20.2 Å². The zero-order valence-corrected chi connectivity index (χ0v) is 41.1. The Bertz CT molecular complexity index is 2700. The van der Waals surface area contributed by atoms with Crippen LogP contribution in [0.1, 0.15) is 47.9 Å². The van der Waals surface area contributed by atoms with Crippen molar-refractivity contribution in [2.75, 3.05) is 92.2 Å². The van der Waals surface area contributed by atoms with Gasteiger partial charge in [-0.1, -0.05) is 12.1 Å². The van der Waals surface area contributed by atoms with Crippen molar-refractivity contribution in [1.29, 1.82) is 0 Å². The van der Waals surface area contributed by atoms with Crippen LogP contribution in [0, 0.1) is 11.8 Å². The predicted octanol–water partition coefficient (Wildman–Crippen LogP) is 6.84. The highest BCUT2D eigenvalue weighted by Gasteiger charge is 2.31. The Morgan fingerprint density at radius 1 is 0.515 bits per heavy atom. The Balaban J connectivity index is 0.000000538. The molecule has 0 atom stereocenters. The van der Waals surface area contributed by atoms with E-state index in [4.69, 9.17) is 18.6 Å². The monoisotopic (exact) mass is 944 g/mol. The molecular formula is C50H68N6O8S2. The van der Waals surface area contributed by atoms with E-state index in [0.717, 1.165) is 75.4 Å². The summed E-state index contributed by atoms with van der Waals surface area (Å²) in [6.07, 6.45) is 9.24. The first-order valence-electron chi connectivity index (χ1n) is 23.3. The second kappa shape index (κ2) is 20.1. The summed E-state index contributed by atoms with van der Waals surface area (Å²) in [5, 5.41) is 5.51. The number of benzene rings is 4. The number of aryl methyl sites for hydroxylation is 2. The normalized spacial score (nSPS) is 18.5. The van der Waals surface area contributed by atoms with Gasteiger partial charge in [0.25, 0.3) is 20.2 Å². The fourth-order valence-electron chi connectivity index (χ4n) is 11.3. The van der Waals surface area contributed by atoms with Crippen LogP contribution in [-0.4, -0.2) is 147 Å². The second-order valence-electron chi connectivity index (χ2n) is 19.0. The molecule has 16 heteroatoms. The lowest BCUT2D eigenvalue weighted by molar-refractivity contribution is 0.0844. The fourth-order valence-corrected chi connectivity index (χ4v) is 11.3. The Morgan fingerprint density at radius 3 is 1.20 bits per heavy atom. The highest BCUT2D eigenvalue weighted by molar-refractivity contribution is 7.85. The molecule has 0 spiro atoms. The van der Waals surface area contributed by atoms with Crippen LogP contribution in [0.3, 0.4) is 0 Å². The van der Waals surface area contributed by atoms with E-state index in [9.17, 15) is 16.8 Å². The summed E-state index contributed by atoms with van der Waals surface area (Å²) >= 11 is 0. The minimum atomic E-state index is -3.67. The number of aromatic nitrogens is 2. The molecule has 0 amide bonds. The van der Waals surface area contributed by atoms with Crippen molar-refractivity contribution >= 4 is 63.8 Å². The third-order valence-corrected chi connectivity index (χ3v) is 14.7. The number of hydrogen-bond acceptors (Lipinski definition) is 10. The number of methoxy groups -OCH3 is 2. The molecule has 0 saturated carbocycles. The summed E-state index contributed by atoms with van der Waals surface area (Å²) in [6.45, 7) is 14.2. The molecule has 2 fully saturated rings. The van der Waals surface area contributed by atoms with E-state index in [0.29, 0.717) is 12.5 Å². The number of hydrogen-bond donors (Lipinski definition) is 2. The molecule has 4 aromatic carbocycles. The molecule has 0 aliphatic carbocycles. The van der Waals surface area contributed by atoms with E-state index >= 15 is 0 Å². The second-order valence-corrected chi connectivity index (χ2v) is 21.9. The molecule has 2 saturated heterocycles. The number of piperidine rings is 2. The number of nitrogens with zero attached hydrogens (tertiary/aromatic N) is 6. The first-order chi connectivity index (χ1) is 31.4. The largest absolute Gasteiger partial charge is 0.497 e. The standard InChI is InChI=1S/C48H60N6O2.2CH4O3S/c1-49-43-11-7-37(55-3)29-39(43)47-41-31-53(23-17-35(41)5-9-45(47)49)27-25-51-19-13-33(14-20-51)34-15-21-52(22-16-34)26-28-54-24-18-36-6-10-46-48(42(36)32-54)40-30-38(56-4)8-12-44(40)50(46)2;2*1-5(2,3)4/h5-12,29-30,33-34H,13-28,31-32H2,1-4H3;2*1H3,(H,2,3,4). The number of fused-ring (bicyclic) bond motifs is 10. The predicted molar refractivity (Wildman–Crippen MR) is 265 cm³/mol. The van der Waals surface area contributed by atoms with Crippen LogP contribution in [-0.2, 0) is 60.3 Å². The average Bonchev–Trinajstić information content (AvgIpc) is 3.75. The Kier molecular flexibility index (Phi) is 14.7. The SMILES string of the molecule is COc1ccc2c(c1)c1c3c(ccc1n2C)CCN(CCN1CCC(C2CCN(CCN4CCc5ccc6c(c5C4)c4cc(OC)ccc4n6C)CC2)CC1)C3.CS(=O)(=O)O.CS(=O)(=O)O. The van der Waals surface area contributed by atoms with Crippen LogP contribution in [0.15, 0.2) is 60.7 Å². The van der Waals surface area contributed by atoms with Crippen molar-refractivity contribution in [3.05, 3.63) is 82.9 Å². The van der Waals surface area contributed by atoms with Gasteiger partial charge >= 0.3 is 0 Å². The van der Waals surface area contributed by atoms with Crippen molar-refractivity contribution in [1.82, 2.24) is 28.7 Å². The maximum Gasteiger partial charge on any atom is 0.261 e. The molecule has 0 bridgehead atoms. The summed E-state index contributed by atoms with van der Waals surface area (Å²) in [4.78, 5) is 11.0. The third-order valence-electron chi connectivity index (χ3n) is 14.7. The molecule has 10 rings (SSSR count). The topological polar surface area (TPSA) is 150 Å². The molecule has 66 heavy (non-hydrogen) atoms. The van der Waals surface area contributed by atoms with Gasteiger partial charge in [-0.15, -0.1) is 0 Å². The summed E-state index contributed by atoms with van der Waals surface area (Å²) < 4.78 is 67.7. The van der Waals surface area contributed by atoms with Gasteiger partial charge in [0.2, 0.25) is 0 Å². The smallest absolute Gasteiger partial charge is 0.261 e. The minimum Gasteiger partial charge on any atom is -0.497 e. The maximum atomic E-state index is 9.19. The lowest BCUT2D eigenvalue weighted by atomic mass is 9.79. The zero-order chi connectivity index (χ0) is 46.9. The number of rotatable bonds is 9. The van der Waals surface area contributed by atoms with E-state index in [2.05, 4.69) is 103 Å². The van der Waals surface area contributed by atoms with Crippen LogP contribution in [0.4, 0.5) is 0 Å². The van der Waals surface area contributed by atoms with Crippen molar-refractivity contribution in [3.63, 3.8) is 0 Å². The molecule has 358 valence electrons. The van der Waals surface area contributed by atoms with Gasteiger partial charge in [-0.3, -0.25) is 18.9 Å². The molecular weight excluding hydrogens is 877 g/mol. The van der Waals surface area contributed by atoms with E-state index in [1.165, 1.54) is 131 Å². The highest BCUT2D eigenvalue weighted by Crippen LogP contribution is 2.39. The molecule has 6 aromatic rings. The zero-order valence-electron chi connectivity index (χ0n) is 39.5. The van der Waals surface area contributed by atoms with Gasteiger partial charge in [0.15, 0.2) is 0 Å². The van der Waals surface area contributed by atoms with Crippen LogP contribution in [0.25, 0.3) is 43.6 Å². The minimum absolute atomic E-state index is 0.715. The lowest BCUT2D eigenvalue weighted by Gasteiger charge is -2.41. The van der Waals surface area contributed by atoms with E-state index in [1.807, 2.05) is 0 Å². The third kappa shape index (κ3) is 11.2. The van der Waals surface area contributed by atoms with Crippen LogP contribution >= 0.6 is 0 Å². The Hall–Kier alpha value is -4.26.